The van der Waals surface area contributed by atoms with Crippen LogP contribution >= 0.6 is 0 Å². The monoisotopic (exact) mass is 352 g/mol. The fraction of sp³-hybridized carbons (Fsp3) is 0.300. The summed E-state index contributed by atoms with van der Waals surface area (Å²) in [6, 6.07) is 15.7. The predicted molar refractivity (Wildman–Crippen MR) is 95.3 cm³/mol. The number of likely N-dealkylation sites (N-methyl/N-ethyl adjacent to an activating group) is 1. The molecule has 2 aromatic rings. The van der Waals surface area contributed by atoms with Gasteiger partial charge in [-0.3, -0.25) is 9.63 Å². The Kier molecular flexibility index (Phi) is 4.34. The maximum absolute atomic E-state index is 12.5. The van der Waals surface area contributed by atoms with Gasteiger partial charge in [-0.05, 0) is 22.3 Å². The Morgan fingerprint density at radius 2 is 1.73 bits per heavy atom. The van der Waals surface area contributed by atoms with Gasteiger partial charge >= 0.3 is 6.09 Å². The Hall–Kier alpha value is -2.86. The van der Waals surface area contributed by atoms with Crippen LogP contribution in [0.3, 0.4) is 0 Å². The molecule has 1 atom stereocenters. The van der Waals surface area contributed by atoms with Crippen molar-refractivity contribution in [2.24, 2.45) is 0 Å². The van der Waals surface area contributed by atoms with E-state index in [1.54, 1.807) is 0 Å². The van der Waals surface area contributed by atoms with E-state index in [0.29, 0.717) is 13.0 Å². The molecule has 0 aromatic heterocycles. The standard InChI is InChI=1S/C20H20N2O4/c1-21-19(23)18-10-11-26-22(18)20(24)25-12-17-15-8-4-2-6-13(15)14-7-3-5-9-16(14)17/h2-9,17-18H,10-12H2,1H3,(H,21,23)/t18-/m0/s1. The third-order valence-corrected chi connectivity index (χ3v) is 4.97. The van der Waals surface area contributed by atoms with Crippen LogP contribution in [0.5, 0.6) is 0 Å². The summed E-state index contributed by atoms with van der Waals surface area (Å²) >= 11 is 0. The quantitative estimate of drug-likeness (QED) is 0.922. The van der Waals surface area contributed by atoms with E-state index in [4.69, 9.17) is 9.57 Å². The fourth-order valence-electron chi connectivity index (χ4n) is 3.71. The zero-order chi connectivity index (χ0) is 18.1. The molecule has 1 aliphatic carbocycles. The number of hydrogen-bond donors (Lipinski definition) is 1. The molecule has 1 aliphatic heterocycles. The van der Waals surface area contributed by atoms with Crippen molar-refractivity contribution in [3.05, 3.63) is 59.7 Å². The Bertz CT molecular complexity index is 806. The molecular formula is C20H20N2O4. The average molecular weight is 352 g/mol. The molecule has 134 valence electrons. The Morgan fingerprint density at radius 1 is 1.12 bits per heavy atom. The molecule has 0 bridgehead atoms. The molecule has 2 aliphatic rings. The smallest absolute Gasteiger partial charge is 0.434 e. The highest BCUT2D eigenvalue weighted by Crippen LogP contribution is 2.44. The largest absolute Gasteiger partial charge is 0.447 e. The van der Waals surface area contributed by atoms with Crippen LogP contribution < -0.4 is 5.32 Å². The highest BCUT2D eigenvalue weighted by atomic mass is 16.7. The summed E-state index contributed by atoms with van der Waals surface area (Å²) < 4.78 is 5.53. The van der Waals surface area contributed by atoms with Gasteiger partial charge in [-0.2, -0.15) is 5.06 Å². The SMILES string of the molecule is CNC(=O)[C@@H]1CCON1C(=O)OCC1c2ccccc2-c2ccccc21. The second kappa shape index (κ2) is 6.80. The maximum atomic E-state index is 12.5. The minimum absolute atomic E-state index is 0.0209. The van der Waals surface area contributed by atoms with Gasteiger partial charge in [0.15, 0.2) is 0 Å². The molecule has 0 radical (unpaired) electrons. The summed E-state index contributed by atoms with van der Waals surface area (Å²) in [7, 11) is 1.54. The van der Waals surface area contributed by atoms with E-state index in [1.165, 1.54) is 18.2 Å². The Morgan fingerprint density at radius 3 is 2.35 bits per heavy atom. The van der Waals surface area contributed by atoms with Crippen LogP contribution in [0.25, 0.3) is 11.1 Å². The first-order valence-corrected chi connectivity index (χ1v) is 8.69. The van der Waals surface area contributed by atoms with Gasteiger partial charge in [0, 0.05) is 19.4 Å². The number of fused-ring (bicyclic) bond motifs is 3. The number of rotatable bonds is 3. The molecule has 1 N–H and O–H groups in total. The van der Waals surface area contributed by atoms with E-state index >= 15 is 0 Å². The molecule has 2 aromatic carbocycles. The molecule has 4 rings (SSSR count). The Balaban J connectivity index is 1.51. The summed E-state index contributed by atoms with van der Waals surface area (Å²) in [6.45, 7) is 0.523. The van der Waals surface area contributed by atoms with E-state index < -0.39 is 12.1 Å². The topological polar surface area (TPSA) is 67.9 Å². The zero-order valence-electron chi connectivity index (χ0n) is 14.5. The third kappa shape index (κ3) is 2.72. The molecule has 1 saturated heterocycles. The molecule has 6 nitrogen and oxygen atoms in total. The minimum atomic E-state index is -0.643. The highest BCUT2D eigenvalue weighted by molar-refractivity contribution is 5.85. The van der Waals surface area contributed by atoms with Gasteiger partial charge in [0.1, 0.15) is 12.6 Å². The minimum Gasteiger partial charge on any atom is -0.447 e. The second-order valence-corrected chi connectivity index (χ2v) is 6.38. The molecule has 0 unspecified atom stereocenters. The van der Waals surface area contributed by atoms with Crippen LogP contribution in [-0.2, 0) is 14.4 Å². The second-order valence-electron chi connectivity index (χ2n) is 6.38. The van der Waals surface area contributed by atoms with Crippen molar-refractivity contribution in [3.63, 3.8) is 0 Å². The summed E-state index contributed by atoms with van der Waals surface area (Å²) in [5.41, 5.74) is 4.63. The lowest BCUT2D eigenvalue weighted by atomic mass is 9.98. The van der Waals surface area contributed by atoms with Gasteiger partial charge in [0.25, 0.3) is 0 Å². The number of amides is 2. The molecule has 6 heteroatoms. The normalized spacial score (nSPS) is 18.3. The Labute approximate surface area is 151 Å². The highest BCUT2D eigenvalue weighted by Gasteiger charge is 2.37. The molecule has 1 fully saturated rings. The van der Waals surface area contributed by atoms with Gasteiger partial charge < -0.3 is 10.1 Å². The lowest BCUT2D eigenvalue weighted by Gasteiger charge is -2.22. The lowest BCUT2D eigenvalue weighted by molar-refractivity contribution is -0.142. The van der Waals surface area contributed by atoms with Crippen molar-refractivity contribution in [2.45, 2.75) is 18.4 Å². The molecule has 2 amide bonds. The van der Waals surface area contributed by atoms with E-state index in [1.807, 2.05) is 24.3 Å². The van der Waals surface area contributed by atoms with Crippen molar-refractivity contribution in [3.8, 4) is 11.1 Å². The number of nitrogens with zero attached hydrogens (tertiary/aromatic N) is 1. The van der Waals surface area contributed by atoms with E-state index in [0.717, 1.165) is 16.2 Å². The van der Waals surface area contributed by atoms with Crippen LogP contribution in [0.1, 0.15) is 23.5 Å². The van der Waals surface area contributed by atoms with Gasteiger partial charge in [-0.25, -0.2) is 4.79 Å². The number of hydroxylamine groups is 2. The number of ether oxygens (including phenoxy) is 1. The summed E-state index contributed by atoms with van der Waals surface area (Å²) in [6.07, 6.45) is -0.165. The average Bonchev–Trinajstić information content (AvgIpc) is 3.29. The van der Waals surface area contributed by atoms with E-state index in [-0.39, 0.29) is 18.4 Å². The number of carbonyl (C=O) groups is 2. The summed E-state index contributed by atoms with van der Waals surface area (Å²) in [4.78, 5) is 29.6. The van der Waals surface area contributed by atoms with Gasteiger partial charge in [0.2, 0.25) is 5.91 Å². The first-order valence-electron chi connectivity index (χ1n) is 8.69. The molecular weight excluding hydrogens is 332 g/mol. The number of hydrogen-bond acceptors (Lipinski definition) is 4. The van der Waals surface area contributed by atoms with E-state index in [2.05, 4.69) is 29.6 Å². The molecule has 1 heterocycles. The molecule has 26 heavy (non-hydrogen) atoms. The van der Waals surface area contributed by atoms with Crippen molar-refractivity contribution in [2.75, 3.05) is 20.3 Å². The zero-order valence-corrected chi connectivity index (χ0v) is 14.5. The third-order valence-electron chi connectivity index (χ3n) is 4.97. The van der Waals surface area contributed by atoms with Crippen LogP contribution in [0.15, 0.2) is 48.5 Å². The van der Waals surface area contributed by atoms with Gasteiger partial charge in [0.05, 0.1) is 6.61 Å². The van der Waals surface area contributed by atoms with Crippen LogP contribution in [0.2, 0.25) is 0 Å². The predicted octanol–water partition coefficient (Wildman–Crippen LogP) is 2.69. The summed E-state index contributed by atoms with van der Waals surface area (Å²) in [5.74, 6) is -0.275. The van der Waals surface area contributed by atoms with Crippen LogP contribution in [0.4, 0.5) is 4.79 Å². The van der Waals surface area contributed by atoms with Gasteiger partial charge in [-0.1, -0.05) is 48.5 Å². The van der Waals surface area contributed by atoms with Crippen molar-refractivity contribution in [1.29, 1.82) is 0 Å². The first-order chi connectivity index (χ1) is 12.7. The number of nitrogens with one attached hydrogen (secondary N) is 1. The van der Waals surface area contributed by atoms with Crippen molar-refractivity contribution < 1.29 is 19.2 Å². The number of carbonyl (C=O) groups excluding carboxylic acids is 2. The van der Waals surface area contributed by atoms with Crippen LogP contribution in [0, 0.1) is 0 Å². The number of benzene rings is 2. The maximum Gasteiger partial charge on any atom is 0.434 e. The molecule has 0 saturated carbocycles. The fourth-order valence-corrected chi connectivity index (χ4v) is 3.71. The van der Waals surface area contributed by atoms with Crippen LogP contribution in [-0.4, -0.2) is 43.4 Å². The lowest BCUT2D eigenvalue weighted by Crippen LogP contribution is -2.44. The van der Waals surface area contributed by atoms with Gasteiger partial charge in [-0.15, -0.1) is 0 Å². The van der Waals surface area contributed by atoms with Crippen molar-refractivity contribution >= 4 is 12.0 Å². The van der Waals surface area contributed by atoms with E-state index in [9.17, 15) is 9.59 Å². The molecule has 0 spiro atoms. The first kappa shape index (κ1) is 16.6. The summed E-state index contributed by atoms with van der Waals surface area (Å²) in [5, 5.41) is 3.59. The van der Waals surface area contributed by atoms with Crippen molar-refractivity contribution in [1.82, 2.24) is 10.4 Å².